The molecule has 5 heteroatoms. The van der Waals surface area contributed by atoms with Gasteiger partial charge in [-0.1, -0.05) is 109 Å². The van der Waals surface area contributed by atoms with E-state index in [1.807, 2.05) is 32.9 Å². The molecular weight excluding hydrogens is 514 g/mol. The molecule has 0 bridgehead atoms. The number of sulfone groups is 1. The monoisotopic (exact) mass is 569 g/mol. The minimum absolute atomic E-state index is 0.190. The summed E-state index contributed by atoms with van der Waals surface area (Å²) in [4.78, 5) is 13.0. The first kappa shape index (κ1) is 34.1. The van der Waals surface area contributed by atoms with Crippen LogP contribution in [0, 0.1) is 26.2 Å². The van der Waals surface area contributed by atoms with Crippen LogP contribution >= 0.6 is 0 Å². The van der Waals surface area contributed by atoms with E-state index in [2.05, 4.69) is 26.1 Å². The van der Waals surface area contributed by atoms with Gasteiger partial charge in [0.15, 0.2) is 15.6 Å². The lowest BCUT2D eigenvalue weighted by molar-refractivity contribution is 0.102. The minimum Gasteiger partial charge on any atom is -0.385 e. The quantitative estimate of drug-likeness (QED) is 0.135. The molecule has 40 heavy (non-hydrogen) atoms. The molecule has 4 nitrogen and oxygen atoms in total. The molecule has 1 N–H and O–H groups in total. The molecule has 0 aromatic heterocycles. The third-order valence-electron chi connectivity index (χ3n) is 7.71. The highest BCUT2D eigenvalue weighted by Gasteiger charge is 2.21. The van der Waals surface area contributed by atoms with Gasteiger partial charge in [0.25, 0.3) is 0 Å². The maximum Gasteiger partial charge on any atom is 0.185 e. The Kier molecular flexibility index (Phi) is 14.4. The predicted octanol–water partition coefficient (Wildman–Crippen LogP) is 9.80. The number of aryl methyl sites for hydroxylation is 3. The van der Waals surface area contributed by atoms with Crippen molar-refractivity contribution in [2.75, 3.05) is 17.6 Å². The van der Waals surface area contributed by atoms with Crippen LogP contribution in [0.5, 0.6) is 0 Å². The van der Waals surface area contributed by atoms with Crippen LogP contribution < -0.4 is 5.32 Å². The molecular formula is C35H55NO3S. The second-order valence-electron chi connectivity index (χ2n) is 13.0. The molecule has 0 spiro atoms. The van der Waals surface area contributed by atoms with Crippen LogP contribution in [0.4, 0.5) is 5.69 Å². The number of hydrogen-bond acceptors (Lipinski definition) is 4. The molecule has 0 saturated heterocycles. The average Bonchev–Trinajstić information content (AvgIpc) is 2.86. The molecule has 0 atom stereocenters. The molecule has 0 aliphatic carbocycles. The minimum atomic E-state index is -3.67. The Morgan fingerprint density at radius 3 is 1.62 bits per heavy atom. The number of hydrogen-bond donors (Lipinski definition) is 1. The fourth-order valence-corrected chi connectivity index (χ4v) is 6.48. The number of nitrogens with one attached hydrogen (secondary N) is 1. The average molecular weight is 570 g/mol. The summed E-state index contributed by atoms with van der Waals surface area (Å²) in [6.45, 7) is 13.8. The van der Waals surface area contributed by atoms with Gasteiger partial charge < -0.3 is 5.32 Å². The molecule has 2 aromatic rings. The lowest BCUT2D eigenvalue weighted by Crippen LogP contribution is -2.17. The van der Waals surface area contributed by atoms with Crippen molar-refractivity contribution in [1.82, 2.24) is 0 Å². The third-order valence-corrected chi connectivity index (χ3v) is 9.34. The van der Waals surface area contributed by atoms with Crippen molar-refractivity contribution in [3.05, 3.63) is 58.7 Å². The topological polar surface area (TPSA) is 63.2 Å². The summed E-state index contributed by atoms with van der Waals surface area (Å²) in [6, 6.07) is 10.3. The number of anilines is 1. The Hall–Kier alpha value is -2.14. The number of ketones is 1. The zero-order valence-electron chi connectivity index (χ0n) is 26.2. The van der Waals surface area contributed by atoms with Crippen molar-refractivity contribution < 1.29 is 13.2 Å². The second kappa shape index (κ2) is 17.0. The second-order valence-corrected chi connectivity index (χ2v) is 15.0. The standard InChI is InChI=1S/C35H55NO3S/c1-28-19-21-32(22-20-28)40(38,39)27-33(37)31-25-29(2)34(30(3)26-31)36-24-18-16-14-12-10-8-7-9-11-13-15-17-23-35(4,5)6/h19-22,25-26,36H,7-18,23-24,27H2,1-6H3. The van der Waals surface area contributed by atoms with Gasteiger partial charge in [-0.2, -0.15) is 0 Å². The first-order chi connectivity index (χ1) is 18.9. The summed E-state index contributed by atoms with van der Waals surface area (Å²) in [5.41, 5.74) is 4.93. The van der Waals surface area contributed by atoms with E-state index in [0.29, 0.717) is 11.0 Å². The van der Waals surface area contributed by atoms with E-state index in [9.17, 15) is 13.2 Å². The Morgan fingerprint density at radius 2 is 1.15 bits per heavy atom. The molecule has 0 saturated carbocycles. The summed E-state index contributed by atoms with van der Waals surface area (Å²) in [6.07, 6.45) is 17.4. The van der Waals surface area contributed by atoms with Gasteiger partial charge in [-0.25, -0.2) is 8.42 Å². The van der Waals surface area contributed by atoms with Gasteiger partial charge in [0.1, 0.15) is 5.75 Å². The van der Waals surface area contributed by atoms with Crippen LogP contribution in [0.1, 0.15) is 131 Å². The highest BCUT2D eigenvalue weighted by molar-refractivity contribution is 7.92. The number of Topliss-reactive ketones (excluding diaryl/α,β-unsaturated/α-hetero) is 1. The third kappa shape index (κ3) is 13.0. The van der Waals surface area contributed by atoms with E-state index < -0.39 is 15.6 Å². The van der Waals surface area contributed by atoms with Gasteiger partial charge in [-0.15, -0.1) is 0 Å². The lowest BCUT2D eigenvalue weighted by atomic mass is 9.89. The van der Waals surface area contributed by atoms with Crippen molar-refractivity contribution in [3.8, 4) is 0 Å². The number of benzene rings is 2. The Labute approximate surface area is 245 Å². The van der Waals surface area contributed by atoms with E-state index in [-0.39, 0.29) is 10.7 Å². The summed E-state index contributed by atoms with van der Waals surface area (Å²) in [7, 11) is -3.67. The lowest BCUT2D eigenvalue weighted by Gasteiger charge is -2.17. The summed E-state index contributed by atoms with van der Waals surface area (Å²) in [5.74, 6) is -0.881. The largest absolute Gasteiger partial charge is 0.385 e. The summed E-state index contributed by atoms with van der Waals surface area (Å²) in [5, 5.41) is 3.55. The van der Waals surface area contributed by atoms with Crippen molar-refractivity contribution in [2.24, 2.45) is 5.41 Å². The van der Waals surface area contributed by atoms with Crippen LogP contribution in [-0.4, -0.2) is 26.5 Å². The van der Waals surface area contributed by atoms with Gasteiger partial charge in [-0.3, -0.25) is 4.79 Å². The van der Waals surface area contributed by atoms with E-state index >= 15 is 0 Å². The van der Waals surface area contributed by atoms with Gasteiger partial charge in [-0.05, 0) is 74.4 Å². The normalized spacial score (nSPS) is 12.1. The molecule has 224 valence electrons. The van der Waals surface area contributed by atoms with Crippen LogP contribution in [0.3, 0.4) is 0 Å². The van der Waals surface area contributed by atoms with Gasteiger partial charge >= 0.3 is 0 Å². The molecule has 0 radical (unpaired) electrons. The van der Waals surface area contributed by atoms with Crippen LogP contribution in [-0.2, 0) is 9.84 Å². The Balaban J connectivity index is 1.61. The molecule has 2 rings (SSSR count). The van der Waals surface area contributed by atoms with Crippen molar-refractivity contribution >= 4 is 21.3 Å². The number of rotatable bonds is 19. The summed E-state index contributed by atoms with van der Waals surface area (Å²) < 4.78 is 25.4. The van der Waals surface area contributed by atoms with Crippen LogP contribution in [0.15, 0.2) is 41.3 Å². The first-order valence-corrected chi connectivity index (χ1v) is 17.2. The van der Waals surface area contributed by atoms with Gasteiger partial charge in [0.05, 0.1) is 4.90 Å². The molecule has 0 aliphatic heterocycles. The number of unbranched alkanes of at least 4 members (excludes halogenated alkanes) is 11. The molecule has 2 aromatic carbocycles. The SMILES string of the molecule is Cc1ccc(S(=O)(=O)CC(=O)c2cc(C)c(NCCCCCCCCCCCCCCC(C)(C)C)c(C)c2)cc1. The number of carbonyl (C=O) groups is 1. The van der Waals surface area contributed by atoms with E-state index in [4.69, 9.17) is 0 Å². The predicted molar refractivity (Wildman–Crippen MR) is 171 cm³/mol. The Bertz CT molecular complexity index is 1120. The van der Waals surface area contributed by atoms with Crippen LogP contribution in [0.2, 0.25) is 0 Å². The maximum absolute atomic E-state index is 12.8. The van der Waals surface area contributed by atoms with E-state index in [0.717, 1.165) is 35.3 Å². The van der Waals surface area contributed by atoms with Crippen molar-refractivity contribution in [3.63, 3.8) is 0 Å². The maximum atomic E-state index is 12.8. The zero-order chi connectivity index (χ0) is 29.6. The van der Waals surface area contributed by atoms with E-state index in [1.165, 1.54) is 77.0 Å². The van der Waals surface area contributed by atoms with Crippen molar-refractivity contribution in [2.45, 2.75) is 130 Å². The van der Waals surface area contributed by atoms with Gasteiger partial charge in [0, 0.05) is 17.8 Å². The molecule has 0 aliphatic rings. The molecule has 0 amide bonds. The zero-order valence-corrected chi connectivity index (χ0v) is 27.0. The highest BCUT2D eigenvalue weighted by atomic mass is 32.2. The fourth-order valence-electron chi connectivity index (χ4n) is 5.25. The molecule has 0 fully saturated rings. The van der Waals surface area contributed by atoms with E-state index in [1.54, 1.807) is 24.3 Å². The van der Waals surface area contributed by atoms with Gasteiger partial charge in [0.2, 0.25) is 0 Å². The summed E-state index contributed by atoms with van der Waals surface area (Å²) >= 11 is 0. The Morgan fingerprint density at radius 1 is 0.700 bits per heavy atom. The smallest absolute Gasteiger partial charge is 0.185 e. The number of carbonyl (C=O) groups excluding carboxylic acids is 1. The van der Waals surface area contributed by atoms with Crippen molar-refractivity contribution in [1.29, 1.82) is 0 Å². The first-order valence-electron chi connectivity index (χ1n) is 15.6. The fraction of sp³-hybridized carbons (Fsp3) is 0.629. The molecule has 0 unspecified atom stereocenters. The highest BCUT2D eigenvalue weighted by Crippen LogP contribution is 2.25. The molecule has 0 heterocycles. The van der Waals surface area contributed by atoms with Crippen LogP contribution in [0.25, 0.3) is 0 Å².